The Kier molecular flexibility index (Phi) is 3.30. The van der Waals surface area contributed by atoms with Crippen LogP contribution in [0.4, 0.5) is 0 Å². The summed E-state index contributed by atoms with van der Waals surface area (Å²) in [5.74, 6) is 0. The Hall–Kier alpha value is -2.12. The normalized spacial score (nSPS) is 11.0. The van der Waals surface area contributed by atoms with E-state index in [4.69, 9.17) is 0 Å². The van der Waals surface area contributed by atoms with Crippen LogP contribution in [0.15, 0.2) is 60.9 Å². The summed E-state index contributed by atoms with van der Waals surface area (Å²) in [5, 5.41) is 5.28. The fraction of sp³-hybridized carbons (Fsp3) is 0.105. The third-order valence-electron chi connectivity index (χ3n) is 4.17. The van der Waals surface area contributed by atoms with E-state index in [0.717, 1.165) is 0 Å². The second-order valence-corrected chi connectivity index (χ2v) is 5.50. The minimum Gasteiger partial charge on any atom is -1.00 e. The zero-order valence-electron chi connectivity index (χ0n) is 12.1. The number of aryl methyl sites for hydroxylation is 2. The van der Waals surface area contributed by atoms with E-state index in [1.807, 2.05) is 0 Å². The molecule has 0 unspecified atom stereocenters. The number of hydrogen-bond acceptors (Lipinski definition) is 0. The molecule has 0 spiro atoms. The Morgan fingerprint density at radius 2 is 1.62 bits per heavy atom. The number of rotatable bonds is 0. The molecule has 2 heterocycles. The highest BCUT2D eigenvalue weighted by Gasteiger charge is 2.12. The molecule has 4 rings (SSSR count). The molecule has 0 radical (unpaired) electrons. The van der Waals surface area contributed by atoms with Gasteiger partial charge in [0.25, 0.3) is 0 Å². The highest BCUT2D eigenvalue weighted by atomic mass is 35.5. The van der Waals surface area contributed by atoms with Crippen molar-refractivity contribution in [1.82, 2.24) is 0 Å². The molecule has 21 heavy (non-hydrogen) atoms. The molecule has 0 saturated heterocycles. The predicted molar refractivity (Wildman–Crippen MR) is 84.1 cm³/mol. The van der Waals surface area contributed by atoms with Gasteiger partial charge in [-0.2, -0.15) is 4.40 Å². The van der Waals surface area contributed by atoms with Crippen molar-refractivity contribution in [2.75, 3.05) is 0 Å². The van der Waals surface area contributed by atoms with E-state index < -0.39 is 0 Å². The van der Waals surface area contributed by atoms with Crippen LogP contribution >= 0.6 is 0 Å². The van der Waals surface area contributed by atoms with Crippen LogP contribution < -0.4 is 16.8 Å². The van der Waals surface area contributed by atoms with Crippen molar-refractivity contribution in [3.8, 4) is 0 Å². The molecule has 104 valence electrons. The highest BCUT2D eigenvalue weighted by Crippen LogP contribution is 2.27. The second kappa shape index (κ2) is 5.01. The maximum atomic E-state index is 2.25. The number of hydrogen-bond donors (Lipinski definition) is 0. The monoisotopic (exact) mass is 293 g/mol. The first-order valence-corrected chi connectivity index (χ1v) is 6.97. The summed E-state index contributed by atoms with van der Waals surface area (Å²) in [4.78, 5) is 0. The second-order valence-electron chi connectivity index (χ2n) is 5.50. The van der Waals surface area contributed by atoms with E-state index in [9.17, 15) is 0 Å². The molecule has 2 aromatic heterocycles. The number of nitrogens with zero attached hydrogens (tertiary/aromatic N) is 1. The lowest BCUT2D eigenvalue weighted by Gasteiger charge is -2.06. The summed E-state index contributed by atoms with van der Waals surface area (Å²) < 4.78 is 2.23. The Bertz CT molecular complexity index is 973. The zero-order valence-corrected chi connectivity index (χ0v) is 12.9. The van der Waals surface area contributed by atoms with Crippen LogP contribution in [0, 0.1) is 13.8 Å². The van der Waals surface area contributed by atoms with Crippen LogP contribution in [0.5, 0.6) is 0 Å². The molecule has 2 aromatic carbocycles. The van der Waals surface area contributed by atoms with Gasteiger partial charge in [0, 0.05) is 17.7 Å². The van der Waals surface area contributed by atoms with E-state index in [2.05, 4.69) is 79.2 Å². The summed E-state index contributed by atoms with van der Waals surface area (Å²) in [5.41, 5.74) is 3.93. The molecule has 0 aliphatic carbocycles. The lowest BCUT2D eigenvalue weighted by atomic mass is 9.99. The van der Waals surface area contributed by atoms with E-state index in [0.29, 0.717) is 0 Å². The molecule has 0 saturated carbocycles. The molecule has 0 atom stereocenters. The van der Waals surface area contributed by atoms with Crippen LogP contribution in [0.1, 0.15) is 11.1 Å². The van der Waals surface area contributed by atoms with Crippen LogP contribution in [-0.4, -0.2) is 0 Å². The predicted octanol–water partition coefficient (Wildman–Crippen LogP) is 1.35. The van der Waals surface area contributed by atoms with E-state index in [-0.39, 0.29) is 12.4 Å². The van der Waals surface area contributed by atoms with Gasteiger partial charge in [0.05, 0.1) is 5.39 Å². The summed E-state index contributed by atoms with van der Waals surface area (Å²) >= 11 is 0. The first-order valence-electron chi connectivity index (χ1n) is 6.97. The summed E-state index contributed by atoms with van der Waals surface area (Å²) in [6.45, 7) is 4.36. The molecule has 0 bridgehead atoms. The molecule has 1 nitrogen and oxygen atoms in total. The summed E-state index contributed by atoms with van der Waals surface area (Å²) in [6.07, 6.45) is 4.40. The summed E-state index contributed by atoms with van der Waals surface area (Å²) in [7, 11) is 0. The van der Waals surface area contributed by atoms with Crippen LogP contribution in [0.2, 0.25) is 0 Å². The Balaban J connectivity index is 0.00000132. The standard InChI is InChI=1S/C19H16N.ClH/c1-13-9-10-20-12-18-16(14(2)19(20)11-13)8-7-15-5-3-4-6-17(15)18;/h3-12H,1-2H3;1H/q+1;/p-1. The van der Waals surface area contributed by atoms with Gasteiger partial charge in [-0.1, -0.05) is 36.4 Å². The van der Waals surface area contributed by atoms with Crippen molar-refractivity contribution >= 4 is 27.1 Å². The number of aromatic nitrogens is 1. The smallest absolute Gasteiger partial charge is 0.214 e. The minimum absolute atomic E-state index is 0. The quantitative estimate of drug-likeness (QED) is 0.262. The van der Waals surface area contributed by atoms with E-state index in [1.165, 1.54) is 38.2 Å². The van der Waals surface area contributed by atoms with Crippen molar-refractivity contribution in [3.05, 3.63) is 72.1 Å². The average molecular weight is 294 g/mol. The molecular formula is C19H16ClN. The summed E-state index contributed by atoms with van der Waals surface area (Å²) in [6, 6.07) is 17.5. The lowest BCUT2D eigenvalue weighted by Crippen LogP contribution is -3.00. The van der Waals surface area contributed by atoms with Crippen molar-refractivity contribution in [1.29, 1.82) is 0 Å². The Morgan fingerprint density at radius 3 is 2.48 bits per heavy atom. The van der Waals surface area contributed by atoms with Crippen molar-refractivity contribution in [2.24, 2.45) is 0 Å². The average Bonchev–Trinajstić information content (AvgIpc) is 2.48. The first-order chi connectivity index (χ1) is 9.74. The van der Waals surface area contributed by atoms with E-state index >= 15 is 0 Å². The van der Waals surface area contributed by atoms with Gasteiger partial charge in [-0.15, -0.1) is 0 Å². The molecule has 0 fully saturated rings. The fourth-order valence-corrected chi connectivity index (χ4v) is 3.07. The van der Waals surface area contributed by atoms with Crippen LogP contribution in [0.25, 0.3) is 27.1 Å². The molecule has 0 amide bonds. The van der Waals surface area contributed by atoms with Crippen molar-refractivity contribution in [3.63, 3.8) is 0 Å². The van der Waals surface area contributed by atoms with Crippen LogP contribution in [0.3, 0.4) is 0 Å². The number of halogens is 1. The molecule has 2 heteroatoms. The van der Waals surface area contributed by atoms with Crippen molar-refractivity contribution < 1.29 is 16.8 Å². The van der Waals surface area contributed by atoms with Gasteiger partial charge in [0.15, 0.2) is 12.4 Å². The van der Waals surface area contributed by atoms with Gasteiger partial charge in [0.1, 0.15) is 0 Å². The van der Waals surface area contributed by atoms with Gasteiger partial charge in [-0.25, -0.2) is 0 Å². The van der Waals surface area contributed by atoms with Gasteiger partial charge in [-0.3, -0.25) is 0 Å². The minimum atomic E-state index is 0. The third kappa shape index (κ3) is 2.05. The zero-order chi connectivity index (χ0) is 13.7. The lowest BCUT2D eigenvalue weighted by molar-refractivity contribution is -0.510. The van der Waals surface area contributed by atoms with Gasteiger partial charge >= 0.3 is 0 Å². The fourth-order valence-electron chi connectivity index (χ4n) is 3.07. The first kappa shape index (κ1) is 13.8. The van der Waals surface area contributed by atoms with E-state index in [1.54, 1.807) is 0 Å². The largest absolute Gasteiger partial charge is 1.00 e. The SMILES string of the molecule is Cc1cc[n+]2cc3c(ccc4ccccc43)c(C)c2c1.[Cl-]. The van der Waals surface area contributed by atoms with Gasteiger partial charge < -0.3 is 12.4 Å². The van der Waals surface area contributed by atoms with Crippen LogP contribution in [-0.2, 0) is 0 Å². The van der Waals surface area contributed by atoms with Crippen molar-refractivity contribution in [2.45, 2.75) is 13.8 Å². The number of pyridine rings is 2. The van der Waals surface area contributed by atoms with Gasteiger partial charge in [-0.05, 0) is 35.6 Å². The number of benzene rings is 2. The highest BCUT2D eigenvalue weighted by molar-refractivity contribution is 6.08. The topological polar surface area (TPSA) is 4.10 Å². The Morgan fingerprint density at radius 1 is 0.810 bits per heavy atom. The molecule has 0 N–H and O–H groups in total. The molecule has 0 aliphatic heterocycles. The molecular weight excluding hydrogens is 278 g/mol. The number of fused-ring (bicyclic) bond motifs is 4. The molecule has 0 aliphatic rings. The Labute approximate surface area is 130 Å². The van der Waals surface area contributed by atoms with Gasteiger partial charge in [0.2, 0.25) is 5.52 Å². The third-order valence-corrected chi connectivity index (χ3v) is 4.17. The maximum absolute atomic E-state index is 2.25. The molecule has 4 aromatic rings. The maximum Gasteiger partial charge on any atom is 0.214 e.